The first-order chi connectivity index (χ1) is 5.95. The summed E-state index contributed by atoms with van der Waals surface area (Å²) in [6.07, 6.45) is 1.64. The second-order valence-corrected chi connectivity index (χ2v) is 2.86. The van der Waals surface area contributed by atoms with E-state index in [2.05, 4.69) is 25.7 Å². The van der Waals surface area contributed by atoms with Gasteiger partial charge in [-0.2, -0.15) is 0 Å². The van der Waals surface area contributed by atoms with E-state index in [-0.39, 0.29) is 0 Å². The van der Waals surface area contributed by atoms with E-state index in [4.69, 9.17) is 0 Å². The van der Waals surface area contributed by atoms with Crippen LogP contribution in [0, 0.1) is 0 Å². The molecule has 2 rings (SSSR count). The number of tetrazole rings is 1. The van der Waals surface area contributed by atoms with E-state index in [9.17, 15) is 0 Å². The monoisotopic (exact) mass is 168 g/mol. The molecule has 1 aliphatic rings. The third-order valence-electron chi connectivity index (χ3n) is 1.95. The molecule has 1 aliphatic heterocycles. The SMILES string of the molecule is c1nnnn1CN1CCNCC1. The van der Waals surface area contributed by atoms with Gasteiger partial charge in [0.1, 0.15) is 6.33 Å². The van der Waals surface area contributed by atoms with Crippen molar-refractivity contribution in [2.75, 3.05) is 26.2 Å². The Morgan fingerprint density at radius 3 is 2.83 bits per heavy atom. The molecule has 1 aromatic heterocycles. The van der Waals surface area contributed by atoms with Crippen LogP contribution in [-0.4, -0.2) is 51.3 Å². The number of piperazine rings is 1. The molecule has 0 saturated carbocycles. The van der Waals surface area contributed by atoms with Gasteiger partial charge in [-0.05, 0) is 10.4 Å². The van der Waals surface area contributed by atoms with Crippen molar-refractivity contribution in [1.29, 1.82) is 0 Å². The maximum Gasteiger partial charge on any atom is 0.139 e. The lowest BCUT2D eigenvalue weighted by Crippen LogP contribution is -2.44. The van der Waals surface area contributed by atoms with Crippen LogP contribution in [0.4, 0.5) is 0 Å². The molecular weight excluding hydrogens is 156 g/mol. The number of hydrogen-bond acceptors (Lipinski definition) is 5. The fraction of sp³-hybridized carbons (Fsp3) is 0.833. The summed E-state index contributed by atoms with van der Waals surface area (Å²) in [6.45, 7) is 5.05. The molecule has 1 saturated heterocycles. The zero-order chi connectivity index (χ0) is 8.23. The molecule has 12 heavy (non-hydrogen) atoms. The lowest BCUT2D eigenvalue weighted by atomic mass is 10.4. The third kappa shape index (κ3) is 1.77. The maximum atomic E-state index is 3.80. The van der Waals surface area contributed by atoms with Crippen LogP contribution < -0.4 is 5.32 Å². The van der Waals surface area contributed by atoms with Crippen molar-refractivity contribution in [3.63, 3.8) is 0 Å². The first-order valence-electron chi connectivity index (χ1n) is 4.09. The Balaban J connectivity index is 1.86. The summed E-state index contributed by atoms with van der Waals surface area (Å²) in [5.74, 6) is 0. The van der Waals surface area contributed by atoms with Crippen LogP contribution in [-0.2, 0) is 6.67 Å². The van der Waals surface area contributed by atoms with E-state index >= 15 is 0 Å². The summed E-state index contributed by atoms with van der Waals surface area (Å²) in [5, 5.41) is 14.3. The average Bonchev–Trinajstić information content (AvgIpc) is 2.59. The Morgan fingerprint density at radius 2 is 2.17 bits per heavy atom. The molecule has 2 heterocycles. The average molecular weight is 168 g/mol. The van der Waals surface area contributed by atoms with Crippen molar-refractivity contribution in [2.45, 2.75) is 6.67 Å². The van der Waals surface area contributed by atoms with Crippen molar-refractivity contribution in [2.24, 2.45) is 0 Å². The highest BCUT2D eigenvalue weighted by atomic mass is 15.6. The maximum absolute atomic E-state index is 3.80. The molecule has 0 atom stereocenters. The normalized spacial score (nSPS) is 19.7. The summed E-state index contributed by atoms with van der Waals surface area (Å²) in [7, 11) is 0. The van der Waals surface area contributed by atoms with Gasteiger partial charge in [0.05, 0.1) is 6.67 Å². The van der Waals surface area contributed by atoms with Gasteiger partial charge >= 0.3 is 0 Å². The summed E-state index contributed by atoms with van der Waals surface area (Å²) in [4.78, 5) is 2.31. The van der Waals surface area contributed by atoms with Gasteiger partial charge in [0.2, 0.25) is 0 Å². The molecule has 0 unspecified atom stereocenters. The quantitative estimate of drug-likeness (QED) is 0.584. The van der Waals surface area contributed by atoms with Crippen LogP contribution in [0.3, 0.4) is 0 Å². The third-order valence-corrected chi connectivity index (χ3v) is 1.95. The van der Waals surface area contributed by atoms with Gasteiger partial charge in [-0.3, -0.25) is 4.90 Å². The number of rotatable bonds is 2. The van der Waals surface area contributed by atoms with E-state index in [1.54, 1.807) is 11.0 Å². The van der Waals surface area contributed by atoms with Crippen molar-refractivity contribution in [1.82, 2.24) is 30.4 Å². The predicted octanol–water partition coefficient (Wildman–Crippen LogP) is -1.46. The van der Waals surface area contributed by atoms with Gasteiger partial charge in [-0.1, -0.05) is 0 Å². The van der Waals surface area contributed by atoms with Crippen LogP contribution in [0.2, 0.25) is 0 Å². The lowest BCUT2D eigenvalue weighted by molar-refractivity contribution is 0.182. The molecule has 0 aromatic carbocycles. The Bertz CT molecular complexity index is 214. The molecule has 1 fully saturated rings. The molecule has 0 amide bonds. The zero-order valence-corrected chi connectivity index (χ0v) is 6.85. The minimum absolute atomic E-state index is 0.800. The minimum atomic E-state index is 0.800. The number of nitrogens with one attached hydrogen (secondary N) is 1. The van der Waals surface area contributed by atoms with Gasteiger partial charge in [0.15, 0.2) is 0 Å². The smallest absolute Gasteiger partial charge is 0.139 e. The van der Waals surface area contributed by atoms with Crippen LogP contribution in [0.15, 0.2) is 6.33 Å². The van der Waals surface area contributed by atoms with Crippen molar-refractivity contribution >= 4 is 0 Å². The molecule has 0 bridgehead atoms. The van der Waals surface area contributed by atoms with E-state index in [0.29, 0.717) is 0 Å². The zero-order valence-electron chi connectivity index (χ0n) is 6.85. The molecule has 6 heteroatoms. The van der Waals surface area contributed by atoms with Crippen molar-refractivity contribution < 1.29 is 0 Å². The highest BCUT2D eigenvalue weighted by Crippen LogP contribution is 1.93. The second-order valence-electron chi connectivity index (χ2n) is 2.86. The van der Waals surface area contributed by atoms with Gasteiger partial charge in [0, 0.05) is 26.2 Å². The minimum Gasteiger partial charge on any atom is -0.314 e. The first-order valence-corrected chi connectivity index (χ1v) is 4.09. The van der Waals surface area contributed by atoms with Gasteiger partial charge < -0.3 is 5.32 Å². The standard InChI is InChI=1S/C6H12N6/c1-3-11(4-2-7-1)6-12-5-8-9-10-12/h5,7H,1-4,6H2. The van der Waals surface area contributed by atoms with Crippen LogP contribution in [0.5, 0.6) is 0 Å². The fourth-order valence-electron chi connectivity index (χ4n) is 1.30. The summed E-state index contributed by atoms with van der Waals surface area (Å²) >= 11 is 0. The summed E-state index contributed by atoms with van der Waals surface area (Å²) in [6, 6.07) is 0. The lowest BCUT2D eigenvalue weighted by Gasteiger charge is -2.26. The topological polar surface area (TPSA) is 58.9 Å². The highest BCUT2D eigenvalue weighted by Gasteiger charge is 2.09. The highest BCUT2D eigenvalue weighted by molar-refractivity contribution is 4.64. The number of hydrogen-bond donors (Lipinski definition) is 1. The Hall–Kier alpha value is -1.01. The number of aromatic nitrogens is 4. The largest absolute Gasteiger partial charge is 0.314 e. The molecule has 0 radical (unpaired) electrons. The van der Waals surface area contributed by atoms with Gasteiger partial charge in [-0.15, -0.1) is 5.10 Å². The molecule has 1 N–H and O–H groups in total. The van der Waals surface area contributed by atoms with E-state index in [0.717, 1.165) is 32.8 Å². The van der Waals surface area contributed by atoms with E-state index in [1.165, 1.54) is 0 Å². The first kappa shape index (κ1) is 7.63. The van der Waals surface area contributed by atoms with Crippen molar-refractivity contribution in [3.05, 3.63) is 6.33 Å². The van der Waals surface area contributed by atoms with Crippen LogP contribution in [0.1, 0.15) is 0 Å². The number of nitrogens with zero attached hydrogens (tertiary/aromatic N) is 5. The van der Waals surface area contributed by atoms with Gasteiger partial charge in [0.25, 0.3) is 0 Å². The molecule has 0 spiro atoms. The Labute approximate surface area is 70.5 Å². The molecule has 66 valence electrons. The van der Waals surface area contributed by atoms with Crippen LogP contribution in [0.25, 0.3) is 0 Å². The second kappa shape index (κ2) is 3.59. The van der Waals surface area contributed by atoms with E-state index < -0.39 is 0 Å². The fourth-order valence-corrected chi connectivity index (χ4v) is 1.30. The predicted molar refractivity (Wildman–Crippen MR) is 42.3 cm³/mol. The molecular formula is C6H12N6. The molecule has 0 aliphatic carbocycles. The van der Waals surface area contributed by atoms with Crippen molar-refractivity contribution in [3.8, 4) is 0 Å². The summed E-state index contributed by atoms with van der Waals surface area (Å²) < 4.78 is 1.74. The molecule has 6 nitrogen and oxygen atoms in total. The van der Waals surface area contributed by atoms with Gasteiger partial charge in [-0.25, -0.2) is 4.68 Å². The van der Waals surface area contributed by atoms with Crippen LogP contribution >= 0.6 is 0 Å². The Morgan fingerprint density at radius 1 is 1.33 bits per heavy atom. The molecule has 1 aromatic rings. The Kier molecular flexibility index (Phi) is 2.28. The van der Waals surface area contributed by atoms with E-state index in [1.807, 2.05) is 0 Å². The summed E-state index contributed by atoms with van der Waals surface area (Å²) in [5.41, 5.74) is 0.